The summed E-state index contributed by atoms with van der Waals surface area (Å²) in [7, 11) is 1.63. The van der Waals surface area contributed by atoms with E-state index in [4.69, 9.17) is 4.74 Å². The first-order chi connectivity index (χ1) is 13.1. The van der Waals surface area contributed by atoms with E-state index in [0.29, 0.717) is 11.4 Å². The Bertz CT molecular complexity index is 937. The van der Waals surface area contributed by atoms with Crippen LogP contribution in [0, 0.1) is 6.92 Å². The van der Waals surface area contributed by atoms with Crippen molar-refractivity contribution < 1.29 is 9.53 Å². The molecule has 0 aliphatic heterocycles. The zero-order valence-corrected chi connectivity index (χ0v) is 15.7. The average molecular weight is 361 g/mol. The van der Waals surface area contributed by atoms with Crippen LogP contribution in [0.15, 0.2) is 60.8 Å². The van der Waals surface area contributed by atoms with Crippen molar-refractivity contribution in [1.29, 1.82) is 0 Å². The lowest BCUT2D eigenvalue weighted by Crippen LogP contribution is -2.14. The van der Waals surface area contributed by atoms with E-state index in [0.717, 1.165) is 34.7 Å². The van der Waals surface area contributed by atoms with E-state index in [2.05, 4.69) is 22.5 Å². The number of carbonyl (C=O) groups is 1. The van der Waals surface area contributed by atoms with Gasteiger partial charge < -0.3 is 15.4 Å². The Morgan fingerprint density at radius 2 is 1.89 bits per heavy atom. The number of benzene rings is 2. The molecule has 0 bridgehead atoms. The van der Waals surface area contributed by atoms with Crippen LogP contribution in [0.1, 0.15) is 28.4 Å². The number of aryl methyl sites for hydroxylation is 2. The highest BCUT2D eigenvalue weighted by molar-refractivity contribution is 6.05. The van der Waals surface area contributed by atoms with Gasteiger partial charge in [-0.05, 0) is 60.9 Å². The highest BCUT2D eigenvalue weighted by Gasteiger charge is 2.11. The molecule has 0 aliphatic carbocycles. The first-order valence-corrected chi connectivity index (χ1v) is 8.87. The van der Waals surface area contributed by atoms with Crippen molar-refractivity contribution in [2.75, 3.05) is 17.7 Å². The maximum atomic E-state index is 12.7. The normalized spacial score (nSPS) is 10.3. The van der Waals surface area contributed by atoms with Crippen molar-refractivity contribution in [3.05, 3.63) is 77.5 Å². The zero-order valence-electron chi connectivity index (χ0n) is 15.7. The number of hydrogen-bond acceptors (Lipinski definition) is 4. The van der Waals surface area contributed by atoms with Crippen LogP contribution in [0.25, 0.3) is 0 Å². The Labute approximate surface area is 159 Å². The molecule has 0 radical (unpaired) electrons. The quantitative estimate of drug-likeness (QED) is 0.651. The molecule has 5 nitrogen and oxygen atoms in total. The van der Waals surface area contributed by atoms with Gasteiger partial charge in [-0.3, -0.25) is 4.79 Å². The third-order valence-electron chi connectivity index (χ3n) is 4.36. The van der Waals surface area contributed by atoms with Crippen molar-refractivity contribution in [2.45, 2.75) is 20.3 Å². The molecule has 1 heterocycles. The van der Waals surface area contributed by atoms with Crippen LogP contribution in [0.5, 0.6) is 5.75 Å². The third kappa shape index (κ3) is 4.44. The molecule has 0 saturated heterocycles. The van der Waals surface area contributed by atoms with Crippen LogP contribution >= 0.6 is 0 Å². The Morgan fingerprint density at radius 3 is 2.59 bits per heavy atom. The van der Waals surface area contributed by atoms with Crippen LogP contribution in [0.3, 0.4) is 0 Å². The number of nitrogens with one attached hydrogen (secondary N) is 2. The summed E-state index contributed by atoms with van der Waals surface area (Å²) < 4.78 is 5.16. The predicted molar refractivity (Wildman–Crippen MR) is 109 cm³/mol. The molecule has 0 atom stereocenters. The second-order valence-corrected chi connectivity index (χ2v) is 6.20. The lowest BCUT2D eigenvalue weighted by molar-refractivity contribution is 0.102. The number of rotatable bonds is 6. The largest absolute Gasteiger partial charge is 0.497 e. The lowest BCUT2D eigenvalue weighted by Gasteiger charge is -2.13. The summed E-state index contributed by atoms with van der Waals surface area (Å²) in [4.78, 5) is 17.0. The molecule has 1 amide bonds. The minimum Gasteiger partial charge on any atom is -0.497 e. The SMILES string of the molecule is CCc1cccc(C)c1NC(=O)c1ccnc(Nc2ccc(OC)cc2)c1. The molecule has 0 spiro atoms. The average Bonchev–Trinajstić information content (AvgIpc) is 2.70. The standard InChI is InChI=1S/C22H23N3O2/c1-4-16-7-5-6-15(2)21(16)25-22(26)17-12-13-23-20(14-17)24-18-8-10-19(27-3)11-9-18/h5-14H,4H2,1-3H3,(H,23,24)(H,25,26). The number of carbonyl (C=O) groups excluding carboxylic acids is 1. The molecule has 3 rings (SSSR count). The number of aromatic nitrogens is 1. The monoisotopic (exact) mass is 361 g/mol. The summed E-state index contributed by atoms with van der Waals surface area (Å²) in [6, 6.07) is 17.0. The number of ether oxygens (including phenoxy) is 1. The fourth-order valence-electron chi connectivity index (χ4n) is 2.85. The molecule has 0 aliphatic rings. The van der Waals surface area contributed by atoms with Crippen LogP contribution in [-0.4, -0.2) is 18.0 Å². The number of nitrogens with zero attached hydrogens (tertiary/aromatic N) is 1. The molecule has 0 fully saturated rings. The van der Waals surface area contributed by atoms with E-state index in [-0.39, 0.29) is 5.91 Å². The number of amides is 1. The van der Waals surface area contributed by atoms with Crippen molar-refractivity contribution in [3.63, 3.8) is 0 Å². The summed E-state index contributed by atoms with van der Waals surface area (Å²) in [6.45, 7) is 4.08. The first-order valence-electron chi connectivity index (χ1n) is 8.87. The van der Waals surface area contributed by atoms with Crippen LogP contribution < -0.4 is 15.4 Å². The first kappa shape index (κ1) is 18.5. The molecule has 2 aromatic carbocycles. The van der Waals surface area contributed by atoms with E-state index in [1.165, 1.54) is 0 Å². The second-order valence-electron chi connectivity index (χ2n) is 6.20. The maximum absolute atomic E-state index is 12.7. The summed E-state index contributed by atoms with van der Waals surface area (Å²) in [5.74, 6) is 1.24. The topological polar surface area (TPSA) is 63.2 Å². The van der Waals surface area contributed by atoms with Gasteiger partial charge >= 0.3 is 0 Å². The van der Waals surface area contributed by atoms with Crippen molar-refractivity contribution in [2.24, 2.45) is 0 Å². The Kier molecular flexibility index (Phi) is 5.71. The highest BCUT2D eigenvalue weighted by atomic mass is 16.5. The zero-order chi connectivity index (χ0) is 19.2. The van der Waals surface area contributed by atoms with Gasteiger partial charge in [0.2, 0.25) is 0 Å². The molecule has 0 unspecified atom stereocenters. The van der Waals surface area contributed by atoms with E-state index in [1.54, 1.807) is 25.4 Å². The van der Waals surface area contributed by atoms with E-state index in [1.807, 2.05) is 49.4 Å². The minimum atomic E-state index is -0.154. The van der Waals surface area contributed by atoms with Gasteiger partial charge in [0.1, 0.15) is 11.6 Å². The summed E-state index contributed by atoms with van der Waals surface area (Å²) in [5, 5.41) is 6.24. The van der Waals surface area contributed by atoms with Crippen LogP contribution in [0.4, 0.5) is 17.2 Å². The second kappa shape index (κ2) is 8.36. The van der Waals surface area contributed by atoms with Gasteiger partial charge in [0.15, 0.2) is 0 Å². The van der Waals surface area contributed by atoms with Gasteiger partial charge in [0.05, 0.1) is 7.11 Å². The van der Waals surface area contributed by atoms with E-state index >= 15 is 0 Å². The number of hydrogen-bond donors (Lipinski definition) is 2. The summed E-state index contributed by atoms with van der Waals surface area (Å²) in [6.07, 6.45) is 2.48. The number of anilines is 3. The molecule has 27 heavy (non-hydrogen) atoms. The summed E-state index contributed by atoms with van der Waals surface area (Å²) in [5.41, 5.74) is 4.47. The number of methoxy groups -OCH3 is 1. The highest BCUT2D eigenvalue weighted by Crippen LogP contribution is 2.23. The minimum absolute atomic E-state index is 0.154. The van der Waals surface area contributed by atoms with Crippen molar-refractivity contribution >= 4 is 23.1 Å². The van der Waals surface area contributed by atoms with E-state index in [9.17, 15) is 4.79 Å². The predicted octanol–water partition coefficient (Wildman–Crippen LogP) is 4.96. The van der Waals surface area contributed by atoms with Gasteiger partial charge in [0.25, 0.3) is 5.91 Å². The molecule has 5 heteroatoms. The fraction of sp³-hybridized carbons (Fsp3) is 0.182. The number of para-hydroxylation sites is 1. The van der Waals surface area contributed by atoms with Crippen LogP contribution in [0.2, 0.25) is 0 Å². The van der Waals surface area contributed by atoms with Gasteiger partial charge in [0, 0.05) is 23.1 Å². The molecule has 2 N–H and O–H groups in total. The van der Waals surface area contributed by atoms with Gasteiger partial charge in [-0.25, -0.2) is 4.98 Å². The molecule has 3 aromatic rings. The van der Waals surface area contributed by atoms with Gasteiger partial charge in [-0.1, -0.05) is 25.1 Å². The lowest BCUT2D eigenvalue weighted by atomic mass is 10.1. The maximum Gasteiger partial charge on any atom is 0.255 e. The molecular weight excluding hydrogens is 338 g/mol. The molecule has 1 aromatic heterocycles. The van der Waals surface area contributed by atoms with Gasteiger partial charge in [-0.15, -0.1) is 0 Å². The van der Waals surface area contributed by atoms with Gasteiger partial charge in [-0.2, -0.15) is 0 Å². The number of pyridine rings is 1. The summed E-state index contributed by atoms with van der Waals surface area (Å²) >= 11 is 0. The van der Waals surface area contributed by atoms with Crippen molar-refractivity contribution in [3.8, 4) is 5.75 Å². The Hall–Kier alpha value is -3.34. The van der Waals surface area contributed by atoms with Crippen LogP contribution in [-0.2, 0) is 6.42 Å². The Morgan fingerprint density at radius 1 is 1.11 bits per heavy atom. The third-order valence-corrected chi connectivity index (χ3v) is 4.36. The molecular formula is C22H23N3O2. The molecule has 138 valence electrons. The van der Waals surface area contributed by atoms with Crippen molar-refractivity contribution in [1.82, 2.24) is 4.98 Å². The smallest absolute Gasteiger partial charge is 0.255 e. The van der Waals surface area contributed by atoms with E-state index < -0.39 is 0 Å². The Balaban J connectivity index is 1.77. The molecule has 0 saturated carbocycles. The fourth-order valence-corrected chi connectivity index (χ4v) is 2.85.